The van der Waals surface area contributed by atoms with E-state index in [-0.39, 0.29) is 11.9 Å². The number of carboxylic acid groups (broad SMARTS) is 1. The molecule has 0 spiro atoms. The van der Waals surface area contributed by atoms with Crippen LogP contribution in [0.5, 0.6) is 0 Å². The molecule has 21 heavy (non-hydrogen) atoms. The van der Waals surface area contributed by atoms with Gasteiger partial charge in [-0.3, -0.25) is 0 Å². The fourth-order valence-corrected chi connectivity index (χ4v) is 3.11. The van der Waals surface area contributed by atoms with Gasteiger partial charge in [-0.25, -0.2) is 9.59 Å². The third kappa shape index (κ3) is 7.34. The van der Waals surface area contributed by atoms with Crippen LogP contribution in [0, 0.1) is 17.8 Å². The van der Waals surface area contributed by atoms with Crippen LogP contribution in [0.2, 0.25) is 0 Å². The van der Waals surface area contributed by atoms with Crippen molar-refractivity contribution in [3.63, 3.8) is 0 Å². The Kier molecular flexibility index (Phi) is 7.54. The van der Waals surface area contributed by atoms with E-state index < -0.39 is 12.0 Å². The van der Waals surface area contributed by atoms with Crippen LogP contribution < -0.4 is 10.6 Å². The monoisotopic (exact) mass is 298 g/mol. The number of rotatable bonds is 7. The Labute approximate surface area is 127 Å². The topological polar surface area (TPSA) is 78.4 Å². The quantitative estimate of drug-likeness (QED) is 0.676. The number of urea groups is 1. The van der Waals surface area contributed by atoms with Crippen LogP contribution in [0.3, 0.4) is 0 Å². The van der Waals surface area contributed by atoms with Crippen molar-refractivity contribution in [2.75, 3.05) is 6.54 Å². The van der Waals surface area contributed by atoms with Crippen LogP contribution in [0.25, 0.3) is 0 Å². The molecule has 1 aliphatic rings. The van der Waals surface area contributed by atoms with E-state index in [9.17, 15) is 9.59 Å². The molecule has 0 radical (unpaired) electrons. The molecule has 2 amide bonds. The molecule has 0 aromatic carbocycles. The lowest BCUT2D eigenvalue weighted by molar-refractivity contribution is -0.139. The highest BCUT2D eigenvalue weighted by Crippen LogP contribution is 2.30. The van der Waals surface area contributed by atoms with Crippen LogP contribution in [-0.4, -0.2) is 29.7 Å². The van der Waals surface area contributed by atoms with Gasteiger partial charge < -0.3 is 15.7 Å². The number of aliphatic carboxylic acids is 1. The molecule has 0 saturated heterocycles. The SMILES string of the molecule is CC(C)CC(NC(=O)NCCC1CCCC(C)C1)C(=O)O. The molecule has 0 heterocycles. The normalized spacial score (nSPS) is 23.6. The maximum Gasteiger partial charge on any atom is 0.326 e. The lowest BCUT2D eigenvalue weighted by Gasteiger charge is -2.26. The Bertz CT molecular complexity index is 344. The molecule has 0 aromatic heterocycles. The summed E-state index contributed by atoms with van der Waals surface area (Å²) >= 11 is 0. The number of carbonyl (C=O) groups is 2. The predicted octanol–water partition coefficient (Wildman–Crippen LogP) is 3.00. The molecular formula is C16H30N2O3. The molecule has 5 heteroatoms. The first-order valence-electron chi connectivity index (χ1n) is 8.15. The van der Waals surface area contributed by atoms with Gasteiger partial charge in [0.1, 0.15) is 6.04 Å². The zero-order chi connectivity index (χ0) is 15.8. The maximum absolute atomic E-state index is 11.8. The van der Waals surface area contributed by atoms with Crippen LogP contribution in [0.15, 0.2) is 0 Å². The highest BCUT2D eigenvalue weighted by atomic mass is 16.4. The van der Waals surface area contributed by atoms with Crippen molar-refractivity contribution in [2.45, 2.75) is 65.3 Å². The summed E-state index contributed by atoms with van der Waals surface area (Å²) in [7, 11) is 0. The van der Waals surface area contributed by atoms with Crippen LogP contribution in [0.1, 0.15) is 59.3 Å². The summed E-state index contributed by atoms with van der Waals surface area (Å²) in [4.78, 5) is 22.8. The average Bonchev–Trinajstić information content (AvgIpc) is 2.37. The molecule has 3 atom stereocenters. The van der Waals surface area contributed by atoms with Gasteiger partial charge in [0, 0.05) is 6.54 Å². The summed E-state index contributed by atoms with van der Waals surface area (Å²) < 4.78 is 0. The Morgan fingerprint density at radius 2 is 2.00 bits per heavy atom. The highest BCUT2D eigenvalue weighted by Gasteiger charge is 2.22. The number of hydrogen-bond acceptors (Lipinski definition) is 2. The van der Waals surface area contributed by atoms with Crippen LogP contribution >= 0.6 is 0 Å². The Balaban J connectivity index is 2.24. The molecule has 0 bridgehead atoms. The Morgan fingerprint density at radius 3 is 2.57 bits per heavy atom. The van der Waals surface area contributed by atoms with Crippen molar-refractivity contribution in [2.24, 2.45) is 17.8 Å². The average molecular weight is 298 g/mol. The second-order valence-electron chi connectivity index (χ2n) is 6.85. The van der Waals surface area contributed by atoms with Crippen molar-refractivity contribution in [3.8, 4) is 0 Å². The molecule has 1 aliphatic carbocycles. The molecule has 1 fully saturated rings. The maximum atomic E-state index is 11.8. The highest BCUT2D eigenvalue weighted by molar-refractivity contribution is 5.82. The molecule has 0 aliphatic heterocycles. The number of amides is 2. The van der Waals surface area contributed by atoms with Crippen molar-refractivity contribution in [1.82, 2.24) is 10.6 Å². The van der Waals surface area contributed by atoms with Gasteiger partial charge in [-0.05, 0) is 37.0 Å². The van der Waals surface area contributed by atoms with Gasteiger partial charge in [-0.1, -0.05) is 40.0 Å². The smallest absolute Gasteiger partial charge is 0.326 e. The number of carbonyl (C=O) groups excluding carboxylic acids is 1. The van der Waals surface area contributed by atoms with E-state index >= 15 is 0 Å². The lowest BCUT2D eigenvalue weighted by atomic mass is 9.81. The third-order valence-electron chi connectivity index (χ3n) is 4.19. The fourth-order valence-electron chi connectivity index (χ4n) is 3.11. The summed E-state index contributed by atoms with van der Waals surface area (Å²) in [5.74, 6) is 0.745. The molecule has 3 unspecified atom stereocenters. The zero-order valence-electron chi connectivity index (χ0n) is 13.5. The first kappa shape index (κ1) is 17.8. The largest absolute Gasteiger partial charge is 0.480 e. The number of carboxylic acids is 1. The van der Waals surface area contributed by atoms with Crippen molar-refractivity contribution < 1.29 is 14.7 Å². The van der Waals surface area contributed by atoms with E-state index in [0.29, 0.717) is 18.9 Å². The second-order valence-corrected chi connectivity index (χ2v) is 6.85. The number of hydrogen-bond donors (Lipinski definition) is 3. The summed E-state index contributed by atoms with van der Waals surface area (Å²) in [6.07, 6.45) is 6.53. The Hall–Kier alpha value is -1.26. The molecule has 1 rings (SSSR count). The molecule has 3 N–H and O–H groups in total. The zero-order valence-corrected chi connectivity index (χ0v) is 13.5. The van der Waals surface area contributed by atoms with Gasteiger partial charge in [0.25, 0.3) is 0 Å². The number of nitrogens with one attached hydrogen (secondary N) is 2. The van der Waals surface area contributed by atoms with E-state index in [0.717, 1.165) is 12.3 Å². The minimum Gasteiger partial charge on any atom is -0.480 e. The van der Waals surface area contributed by atoms with Gasteiger partial charge >= 0.3 is 12.0 Å². The van der Waals surface area contributed by atoms with Crippen molar-refractivity contribution in [3.05, 3.63) is 0 Å². The molecule has 5 nitrogen and oxygen atoms in total. The lowest BCUT2D eigenvalue weighted by Crippen LogP contribution is -2.47. The minimum atomic E-state index is -0.972. The van der Waals surface area contributed by atoms with Crippen molar-refractivity contribution in [1.29, 1.82) is 0 Å². The molecule has 1 saturated carbocycles. The first-order chi connectivity index (χ1) is 9.88. The van der Waals surface area contributed by atoms with Crippen LogP contribution in [0.4, 0.5) is 4.79 Å². The Morgan fingerprint density at radius 1 is 1.29 bits per heavy atom. The van der Waals surface area contributed by atoms with Crippen LogP contribution in [-0.2, 0) is 4.79 Å². The van der Waals surface area contributed by atoms with Gasteiger partial charge in [0.2, 0.25) is 0 Å². The molecule has 0 aromatic rings. The van der Waals surface area contributed by atoms with Gasteiger partial charge in [-0.15, -0.1) is 0 Å². The van der Waals surface area contributed by atoms with E-state index in [1.807, 2.05) is 13.8 Å². The van der Waals surface area contributed by atoms with E-state index in [1.54, 1.807) is 0 Å². The fraction of sp³-hybridized carbons (Fsp3) is 0.875. The van der Waals surface area contributed by atoms with E-state index in [4.69, 9.17) is 5.11 Å². The standard InChI is InChI=1S/C16H30N2O3/c1-11(2)9-14(15(19)20)18-16(21)17-8-7-13-6-4-5-12(3)10-13/h11-14H,4-10H2,1-3H3,(H,19,20)(H2,17,18,21). The van der Waals surface area contributed by atoms with Gasteiger partial charge in [0.15, 0.2) is 0 Å². The summed E-state index contributed by atoms with van der Waals surface area (Å²) in [6, 6.07) is -1.17. The minimum absolute atomic E-state index is 0.232. The first-order valence-corrected chi connectivity index (χ1v) is 8.15. The summed E-state index contributed by atoms with van der Waals surface area (Å²) in [5, 5.41) is 14.4. The summed E-state index contributed by atoms with van der Waals surface area (Å²) in [5.41, 5.74) is 0. The molecule has 122 valence electrons. The second kappa shape index (κ2) is 8.90. The van der Waals surface area contributed by atoms with E-state index in [2.05, 4.69) is 17.6 Å². The third-order valence-corrected chi connectivity index (χ3v) is 4.19. The van der Waals surface area contributed by atoms with Gasteiger partial charge in [0.05, 0.1) is 0 Å². The predicted molar refractivity (Wildman–Crippen MR) is 83.2 cm³/mol. The van der Waals surface area contributed by atoms with E-state index in [1.165, 1.54) is 25.7 Å². The van der Waals surface area contributed by atoms with Crippen molar-refractivity contribution >= 4 is 12.0 Å². The van der Waals surface area contributed by atoms with Gasteiger partial charge in [-0.2, -0.15) is 0 Å². The summed E-state index contributed by atoms with van der Waals surface area (Å²) in [6.45, 7) is 6.80. The molecular weight excluding hydrogens is 268 g/mol.